The Hall–Kier alpha value is -2.99. The second-order valence-electron chi connectivity index (χ2n) is 5.34. The van der Waals surface area contributed by atoms with E-state index in [1.807, 2.05) is 61.5 Å². The van der Waals surface area contributed by atoms with Crippen LogP contribution in [0.15, 0.2) is 59.7 Å². The molecule has 3 aromatic rings. The molecule has 126 valence electrons. The summed E-state index contributed by atoms with van der Waals surface area (Å²) < 4.78 is 4.86. The number of ether oxygens (including phenoxy) is 1. The number of nitrogens with one attached hydrogen (secondary N) is 1. The maximum Gasteiger partial charge on any atom is 0.350 e. The molecule has 0 aliphatic carbocycles. The Morgan fingerprint density at radius 3 is 2.72 bits per heavy atom. The van der Waals surface area contributed by atoms with Gasteiger partial charge in [0.05, 0.1) is 19.0 Å². The van der Waals surface area contributed by atoms with Crippen LogP contribution in [0, 0.1) is 6.92 Å². The normalized spacial score (nSPS) is 10.8. The number of hydrogen-bond acceptors (Lipinski definition) is 6. The third kappa shape index (κ3) is 4.10. The maximum absolute atomic E-state index is 12.0. The molecule has 3 rings (SSSR count). The van der Waals surface area contributed by atoms with E-state index in [9.17, 15) is 4.79 Å². The number of aromatic nitrogens is 1. The highest BCUT2D eigenvalue weighted by atomic mass is 32.1. The van der Waals surface area contributed by atoms with Crippen LogP contribution in [0.1, 0.15) is 20.8 Å². The number of esters is 1. The van der Waals surface area contributed by atoms with Gasteiger partial charge in [-0.25, -0.2) is 9.78 Å². The van der Waals surface area contributed by atoms with E-state index < -0.39 is 5.97 Å². The average molecular weight is 351 g/mol. The Morgan fingerprint density at radius 1 is 1.20 bits per heavy atom. The highest BCUT2D eigenvalue weighted by molar-refractivity contribution is 7.17. The minimum atomic E-state index is -0.410. The molecule has 0 saturated heterocycles. The van der Waals surface area contributed by atoms with Crippen molar-refractivity contribution < 1.29 is 9.53 Å². The number of methoxy groups -OCH3 is 1. The van der Waals surface area contributed by atoms with Crippen LogP contribution >= 0.6 is 11.3 Å². The third-order valence-corrected chi connectivity index (χ3v) is 4.40. The van der Waals surface area contributed by atoms with Crippen molar-refractivity contribution in [1.82, 2.24) is 4.98 Å². The number of benzene rings is 2. The van der Waals surface area contributed by atoms with E-state index in [4.69, 9.17) is 4.74 Å². The summed E-state index contributed by atoms with van der Waals surface area (Å²) in [5, 5.41) is 4.74. The summed E-state index contributed by atoms with van der Waals surface area (Å²) in [5.41, 5.74) is 6.49. The van der Waals surface area contributed by atoms with E-state index in [0.29, 0.717) is 15.7 Å². The molecule has 1 aromatic heterocycles. The number of carbonyl (C=O) groups is 1. The molecule has 0 fully saturated rings. The fourth-order valence-electron chi connectivity index (χ4n) is 2.30. The maximum atomic E-state index is 12.0. The summed E-state index contributed by atoms with van der Waals surface area (Å²) in [6, 6.07) is 17.5. The van der Waals surface area contributed by atoms with Gasteiger partial charge in [-0.2, -0.15) is 5.10 Å². The van der Waals surface area contributed by atoms with E-state index in [-0.39, 0.29) is 0 Å². The predicted octanol–water partition coefficient (Wildman–Crippen LogP) is 4.35. The lowest BCUT2D eigenvalue weighted by Gasteiger charge is -1.99. The lowest BCUT2D eigenvalue weighted by atomic mass is 10.1. The first-order chi connectivity index (χ1) is 12.2. The van der Waals surface area contributed by atoms with Crippen LogP contribution in [-0.2, 0) is 4.74 Å². The Morgan fingerprint density at radius 2 is 2.00 bits per heavy atom. The first-order valence-corrected chi connectivity index (χ1v) is 8.49. The Balaban J connectivity index is 1.85. The van der Waals surface area contributed by atoms with Gasteiger partial charge in [0.25, 0.3) is 0 Å². The first-order valence-electron chi connectivity index (χ1n) is 7.67. The number of hydrogen-bond donors (Lipinski definition) is 1. The van der Waals surface area contributed by atoms with Crippen LogP contribution in [0.4, 0.5) is 5.13 Å². The number of thiazole rings is 1. The molecule has 0 aliphatic rings. The van der Waals surface area contributed by atoms with Gasteiger partial charge in [-0.1, -0.05) is 71.5 Å². The van der Waals surface area contributed by atoms with Crippen molar-refractivity contribution in [1.29, 1.82) is 0 Å². The van der Waals surface area contributed by atoms with Crippen LogP contribution in [0.5, 0.6) is 0 Å². The summed E-state index contributed by atoms with van der Waals surface area (Å²) in [6.45, 7) is 2.03. The topological polar surface area (TPSA) is 63.6 Å². The molecule has 6 heteroatoms. The molecule has 0 aliphatic heterocycles. The van der Waals surface area contributed by atoms with Crippen molar-refractivity contribution >= 4 is 28.7 Å². The van der Waals surface area contributed by atoms with Gasteiger partial charge in [-0.05, 0) is 12.5 Å². The molecule has 5 nitrogen and oxygen atoms in total. The summed E-state index contributed by atoms with van der Waals surface area (Å²) in [6.07, 6.45) is 1.72. The predicted molar refractivity (Wildman–Crippen MR) is 101 cm³/mol. The zero-order chi connectivity index (χ0) is 17.6. The largest absolute Gasteiger partial charge is 0.465 e. The zero-order valence-electron chi connectivity index (χ0n) is 13.9. The third-order valence-electron chi connectivity index (χ3n) is 3.46. The SMILES string of the molecule is COC(=O)c1sc(N/N=C\c2cccc(C)c2)nc1-c1ccccc1. The first kappa shape index (κ1) is 16.9. The van der Waals surface area contributed by atoms with Crippen molar-refractivity contribution in [2.24, 2.45) is 5.10 Å². The van der Waals surface area contributed by atoms with Crippen LogP contribution in [0.25, 0.3) is 11.3 Å². The monoisotopic (exact) mass is 351 g/mol. The summed E-state index contributed by atoms with van der Waals surface area (Å²) >= 11 is 1.21. The van der Waals surface area contributed by atoms with Gasteiger partial charge in [0.2, 0.25) is 5.13 Å². The lowest BCUT2D eigenvalue weighted by Crippen LogP contribution is -2.00. The fraction of sp³-hybridized carbons (Fsp3) is 0.105. The van der Waals surface area contributed by atoms with Crippen molar-refractivity contribution in [3.8, 4) is 11.3 Å². The molecular formula is C19H17N3O2S. The second kappa shape index (κ2) is 7.72. The number of hydrazone groups is 1. The Kier molecular flexibility index (Phi) is 5.20. The van der Waals surface area contributed by atoms with Gasteiger partial charge >= 0.3 is 5.97 Å². The Bertz CT molecular complexity index is 904. The molecule has 2 aromatic carbocycles. The molecule has 0 spiro atoms. The van der Waals surface area contributed by atoms with Crippen molar-refractivity contribution in [3.05, 3.63) is 70.6 Å². The summed E-state index contributed by atoms with van der Waals surface area (Å²) in [5.74, 6) is -0.410. The van der Waals surface area contributed by atoms with Gasteiger partial charge in [-0.3, -0.25) is 5.43 Å². The standard InChI is InChI=1S/C19H17N3O2S/c1-13-7-6-8-14(11-13)12-20-22-19-21-16(15-9-4-3-5-10-15)17(25-19)18(23)24-2/h3-12H,1-2H3,(H,21,22)/b20-12-. The molecule has 25 heavy (non-hydrogen) atoms. The van der Waals surface area contributed by atoms with Gasteiger partial charge in [-0.15, -0.1) is 0 Å². The molecule has 0 radical (unpaired) electrons. The fourth-order valence-corrected chi connectivity index (χ4v) is 3.16. The quantitative estimate of drug-likeness (QED) is 0.422. The average Bonchev–Trinajstić information content (AvgIpc) is 3.06. The highest BCUT2D eigenvalue weighted by Gasteiger charge is 2.19. The molecule has 1 N–H and O–H groups in total. The molecule has 0 saturated carbocycles. The van der Waals surface area contributed by atoms with Crippen molar-refractivity contribution in [2.75, 3.05) is 12.5 Å². The van der Waals surface area contributed by atoms with Crippen LogP contribution in [0.3, 0.4) is 0 Å². The molecule has 0 bridgehead atoms. The number of rotatable bonds is 5. The van der Waals surface area contributed by atoms with Crippen LogP contribution in [-0.4, -0.2) is 24.3 Å². The van der Waals surface area contributed by atoms with Crippen LogP contribution in [0.2, 0.25) is 0 Å². The summed E-state index contributed by atoms with van der Waals surface area (Å²) in [7, 11) is 1.36. The minimum absolute atomic E-state index is 0.410. The van der Waals surface area contributed by atoms with Crippen molar-refractivity contribution in [2.45, 2.75) is 6.92 Å². The van der Waals surface area contributed by atoms with Crippen LogP contribution < -0.4 is 5.43 Å². The minimum Gasteiger partial charge on any atom is -0.465 e. The van der Waals surface area contributed by atoms with Gasteiger partial charge < -0.3 is 4.74 Å². The molecule has 0 unspecified atom stereocenters. The van der Waals surface area contributed by atoms with E-state index in [1.54, 1.807) is 6.21 Å². The van der Waals surface area contributed by atoms with E-state index in [1.165, 1.54) is 18.4 Å². The molecule has 0 atom stereocenters. The lowest BCUT2D eigenvalue weighted by molar-refractivity contribution is 0.0607. The van der Waals surface area contributed by atoms with Crippen molar-refractivity contribution in [3.63, 3.8) is 0 Å². The number of carbonyl (C=O) groups excluding carboxylic acids is 1. The van der Waals surface area contributed by atoms with E-state index >= 15 is 0 Å². The van der Waals surface area contributed by atoms with Gasteiger partial charge in [0.15, 0.2) is 0 Å². The number of anilines is 1. The van der Waals surface area contributed by atoms with E-state index in [0.717, 1.165) is 16.7 Å². The number of nitrogens with zero attached hydrogens (tertiary/aromatic N) is 2. The van der Waals surface area contributed by atoms with Gasteiger partial charge in [0.1, 0.15) is 4.88 Å². The molecule has 0 amide bonds. The smallest absolute Gasteiger partial charge is 0.350 e. The highest BCUT2D eigenvalue weighted by Crippen LogP contribution is 2.31. The summed E-state index contributed by atoms with van der Waals surface area (Å²) in [4.78, 5) is 17.0. The van der Waals surface area contributed by atoms with Gasteiger partial charge in [0, 0.05) is 5.56 Å². The zero-order valence-corrected chi connectivity index (χ0v) is 14.7. The second-order valence-corrected chi connectivity index (χ2v) is 6.34. The Labute approximate surface area is 150 Å². The van der Waals surface area contributed by atoms with E-state index in [2.05, 4.69) is 15.5 Å². The molecule has 1 heterocycles. The number of aryl methyl sites for hydroxylation is 1. The molecular weight excluding hydrogens is 334 g/mol.